The topological polar surface area (TPSA) is 84.9 Å². The van der Waals surface area contributed by atoms with Crippen molar-refractivity contribution in [3.05, 3.63) is 77.8 Å². The van der Waals surface area contributed by atoms with Gasteiger partial charge in [0.2, 0.25) is 15.9 Å². The van der Waals surface area contributed by atoms with Crippen LogP contribution in [0.2, 0.25) is 5.02 Å². The van der Waals surface area contributed by atoms with E-state index in [1.807, 2.05) is 30.3 Å². The molecule has 3 aromatic rings. The second kappa shape index (κ2) is 10.5. The lowest BCUT2D eigenvalue weighted by Gasteiger charge is -2.20. The van der Waals surface area contributed by atoms with E-state index in [1.54, 1.807) is 31.2 Å². The van der Waals surface area contributed by atoms with Gasteiger partial charge in [-0.2, -0.15) is 4.31 Å². The van der Waals surface area contributed by atoms with Gasteiger partial charge in [-0.05, 0) is 54.6 Å². The van der Waals surface area contributed by atoms with E-state index < -0.39 is 15.9 Å². The third-order valence-electron chi connectivity index (χ3n) is 4.55. The molecule has 0 saturated carbocycles. The van der Waals surface area contributed by atoms with Gasteiger partial charge < -0.3 is 14.8 Å². The molecule has 1 N–H and O–H groups in total. The van der Waals surface area contributed by atoms with Crippen molar-refractivity contribution in [2.75, 3.05) is 25.5 Å². The number of amides is 1. The molecular weight excluding hydrogens is 452 g/mol. The van der Waals surface area contributed by atoms with Crippen molar-refractivity contribution in [3.8, 4) is 17.2 Å². The van der Waals surface area contributed by atoms with E-state index in [0.29, 0.717) is 22.9 Å². The molecule has 0 aromatic heterocycles. The van der Waals surface area contributed by atoms with Gasteiger partial charge in [-0.1, -0.05) is 36.7 Å². The number of nitrogens with one attached hydrogen (secondary N) is 1. The largest absolute Gasteiger partial charge is 0.495 e. The van der Waals surface area contributed by atoms with Crippen molar-refractivity contribution in [2.24, 2.45) is 0 Å². The van der Waals surface area contributed by atoms with E-state index in [0.717, 1.165) is 4.31 Å². The lowest BCUT2D eigenvalue weighted by Crippen LogP contribution is -2.37. The first-order chi connectivity index (χ1) is 15.3. The van der Waals surface area contributed by atoms with Crippen LogP contribution in [0.25, 0.3) is 0 Å². The van der Waals surface area contributed by atoms with Crippen LogP contribution in [0.15, 0.2) is 77.7 Å². The Bertz CT molecular complexity index is 1170. The van der Waals surface area contributed by atoms with E-state index in [9.17, 15) is 13.2 Å². The van der Waals surface area contributed by atoms with Crippen LogP contribution >= 0.6 is 11.6 Å². The van der Waals surface area contributed by atoms with Gasteiger partial charge in [0.25, 0.3) is 0 Å². The van der Waals surface area contributed by atoms with Crippen molar-refractivity contribution in [1.29, 1.82) is 0 Å². The Hall–Kier alpha value is -3.07. The summed E-state index contributed by atoms with van der Waals surface area (Å²) in [6.45, 7) is 1.43. The fourth-order valence-electron chi connectivity index (χ4n) is 2.91. The molecule has 0 atom stereocenters. The summed E-state index contributed by atoms with van der Waals surface area (Å²) in [5.41, 5.74) is 0.524. The van der Waals surface area contributed by atoms with E-state index in [1.165, 1.54) is 25.3 Å². The minimum Gasteiger partial charge on any atom is -0.495 e. The first-order valence-corrected chi connectivity index (χ1v) is 11.6. The molecule has 3 aromatic carbocycles. The van der Waals surface area contributed by atoms with Crippen molar-refractivity contribution in [1.82, 2.24) is 4.31 Å². The predicted molar refractivity (Wildman–Crippen MR) is 124 cm³/mol. The van der Waals surface area contributed by atoms with E-state index in [4.69, 9.17) is 21.1 Å². The molecule has 0 saturated heterocycles. The third kappa shape index (κ3) is 5.79. The van der Waals surface area contributed by atoms with Crippen LogP contribution in [0.1, 0.15) is 6.92 Å². The molecule has 168 valence electrons. The molecule has 1 amide bonds. The van der Waals surface area contributed by atoms with Crippen molar-refractivity contribution >= 4 is 33.2 Å². The maximum atomic E-state index is 13.0. The number of carbonyl (C=O) groups is 1. The fraction of sp³-hybridized carbons (Fsp3) is 0.174. The van der Waals surface area contributed by atoms with Crippen LogP contribution in [0, 0.1) is 0 Å². The Balaban J connectivity index is 1.65. The molecule has 7 nitrogen and oxygen atoms in total. The standard InChI is InChI=1S/C23H23ClN2O5S/c1-3-26(32(28,29)20-13-14-22(30-2)21(24)15-20)16-23(27)25-17-9-11-19(12-10-17)31-18-7-5-4-6-8-18/h4-15H,3,16H2,1-2H3,(H,25,27). The van der Waals surface area contributed by atoms with Crippen LogP contribution in [-0.4, -0.2) is 38.8 Å². The smallest absolute Gasteiger partial charge is 0.243 e. The van der Waals surface area contributed by atoms with E-state index in [2.05, 4.69) is 5.32 Å². The normalized spacial score (nSPS) is 11.2. The molecule has 0 spiro atoms. The average molecular weight is 475 g/mol. The average Bonchev–Trinajstić information content (AvgIpc) is 2.79. The second-order valence-electron chi connectivity index (χ2n) is 6.72. The lowest BCUT2D eigenvalue weighted by atomic mass is 10.3. The molecule has 0 aliphatic carbocycles. The van der Waals surface area contributed by atoms with Crippen LogP contribution in [0.5, 0.6) is 17.2 Å². The SMILES string of the molecule is CCN(CC(=O)Nc1ccc(Oc2ccccc2)cc1)S(=O)(=O)c1ccc(OC)c(Cl)c1. The highest BCUT2D eigenvalue weighted by atomic mass is 35.5. The number of nitrogens with zero attached hydrogens (tertiary/aromatic N) is 1. The third-order valence-corrected chi connectivity index (χ3v) is 6.76. The first-order valence-electron chi connectivity index (χ1n) is 9.80. The Morgan fingerprint density at radius 2 is 1.66 bits per heavy atom. The second-order valence-corrected chi connectivity index (χ2v) is 9.06. The molecule has 0 aliphatic rings. The number of carbonyl (C=O) groups excluding carboxylic acids is 1. The van der Waals surface area contributed by atoms with Crippen LogP contribution in [0.3, 0.4) is 0 Å². The predicted octanol–water partition coefficient (Wildman–Crippen LogP) is 4.79. The number of rotatable bonds is 9. The molecule has 0 radical (unpaired) electrons. The van der Waals surface area contributed by atoms with Crippen molar-refractivity contribution < 1.29 is 22.7 Å². The molecule has 0 fully saturated rings. The number of sulfonamides is 1. The van der Waals surface area contributed by atoms with Crippen molar-refractivity contribution in [2.45, 2.75) is 11.8 Å². The highest BCUT2D eigenvalue weighted by molar-refractivity contribution is 7.89. The molecule has 32 heavy (non-hydrogen) atoms. The number of methoxy groups -OCH3 is 1. The number of hydrogen-bond donors (Lipinski definition) is 1. The Morgan fingerprint density at radius 1 is 1.00 bits per heavy atom. The summed E-state index contributed by atoms with van der Waals surface area (Å²) in [7, 11) is -2.47. The van der Waals surface area contributed by atoms with Gasteiger partial charge in [0.05, 0.1) is 23.6 Å². The monoisotopic (exact) mass is 474 g/mol. The highest BCUT2D eigenvalue weighted by Gasteiger charge is 2.26. The zero-order chi connectivity index (χ0) is 23.1. The van der Waals surface area contributed by atoms with Gasteiger partial charge in [-0.25, -0.2) is 8.42 Å². The molecule has 0 unspecified atom stereocenters. The number of likely N-dealkylation sites (N-methyl/N-ethyl adjacent to an activating group) is 1. The van der Waals surface area contributed by atoms with Gasteiger partial charge >= 0.3 is 0 Å². The number of anilines is 1. The minimum atomic E-state index is -3.91. The molecule has 0 aliphatic heterocycles. The van der Waals surface area contributed by atoms with Crippen LogP contribution in [-0.2, 0) is 14.8 Å². The summed E-state index contributed by atoms with van der Waals surface area (Å²) in [6, 6.07) is 20.3. The van der Waals surface area contributed by atoms with Gasteiger partial charge in [0.1, 0.15) is 17.2 Å². The van der Waals surface area contributed by atoms with Crippen LogP contribution in [0.4, 0.5) is 5.69 Å². The lowest BCUT2D eigenvalue weighted by molar-refractivity contribution is -0.116. The van der Waals surface area contributed by atoms with Crippen molar-refractivity contribution in [3.63, 3.8) is 0 Å². The number of ether oxygens (including phenoxy) is 2. The Morgan fingerprint density at radius 3 is 2.25 bits per heavy atom. The fourth-order valence-corrected chi connectivity index (χ4v) is 4.67. The summed E-state index contributed by atoms with van der Waals surface area (Å²) in [4.78, 5) is 12.5. The van der Waals surface area contributed by atoms with Gasteiger partial charge in [-0.3, -0.25) is 4.79 Å². The van der Waals surface area contributed by atoms with Gasteiger partial charge in [0.15, 0.2) is 0 Å². The number of benzene rings is 3. The Kier molecular flexibility index (Phi) is 7.74. The number of para-hydroxylation sites is 1. The minimum absolute atomic E-state index is 0.0136. The van der Waals surface area contributed by atoms with Gasteiger partial charge in [0, 0.05) is 12.2 Å². The van der Waals surface area contributed by atoms with E-state index in [-0.39, 0.29) is 23.0 Å². The summed E-state index contributed by atoms with van der Waals surface area (Å²) >= 11 is 6.06. The highest BCUT2D eigenvalue weighted by Crippen LogP contribution is 2.28. The molecule has 0 bridgehead atoms. The van der Waals surface area contributed by atoms with Gasteiger partial charge in [-0.15, -0.1) is 0 Å². The Labute approximate surface area is 192 Å². The molecular formula is C23H23ClN2O5S. The molecule has 3 rings (SSSR count). The zero-order valence-electron chi connectivity index (χ0n) is 17.6. The van der Waals surface area contributed by atoms with Crippen LogP contribution < -0.4 is 14.8 Å². The molecule has 9 heteroatoms. The maximum Gasteiger partial charge on any atom is 0.243 e. The summed E-state index contributed by atoms with van der Waals surface area (Å²) < 4.78 is 37.8. The number of hydrogen-bond acceptors (Lipinski definition) is 5. The maximum absolute atomic E-state index is 13.0. The quantitative estimate of drug-likeness (QED) is 0.482. The first kappa shape index (κ1) is 23.6. The summed E-state index contributed by atoms with van der Waals surface area (Å²) in [5.74, 6) is 1.22. The summed E-state index contributed by atoms with van der Waals surface area (Å²) in [5, 5.41) is 2.88. The molecule has 0 heterocycles. The summed E-state index contributed by atoms with van der Waals surface area (Å²) in [6.07, 6.45) is 0. The zero-order valence-corrected chi connectivity index (χ0v) is 19.2. The number of halogens is 1. The van der Waals surface area contributed by atoms with E-state index >= 15 is 0 Å².